The molecule has 0 aliphatic carbocycles. The second-order valence-corrected chi connectivity index (χ2v) is 9.30. The minimum Gasteiger partial charge on any atom is -0.493 e. The topological polar surface area (TPSA) is 72.4 Å². The lowest BCUT2D eigenvalue weighted by atomic mass is 10.1. The lowest BCUT2D eigenvalue weighted by Crippen LogP contribution is -2.44. The van der Waals surface area contributed by atoms with Gasteiger partial charge >= 0.3 is 0 Å². The van der Waals surface area contributed by atoms with Crippen LogP contribution in [0.15, 0.2) is 24.3 Å². The molecule has 172 valence electrons. The number of fused-ring (bicyclic) bond motifs is 3. The molecule has 1 N–H and O–H groups in total. The first-order valence-electron chi connectivity index (χ1n) is 11.4. The summed E-state index contributed by atoms with van der Waals surface area (Å²) in [7, 11) is 3.30. The molecule has 0 bridgehead atoms. The molecule has 4 heterocycles. The molecule has 5 rings (SSSR count). The first-order valence-corrected chi connectivity index (χ1v) is 12.2. The van der Waals surface area contributed by atoms with Gasteiger partial charge in [-0.15, -0.1) is 11.3 Å². The van der Waals surface area contributed by atoms with Gasteiger partial charge < -0.3 is 19.7 Å². The maximum Gasteiger partial charge on any atom is 0.161 e. The SMILES string of the molecule is CCCc1nc(N2CCNCC2)c2sc3nc(-c4ccc(OC)c(OC)c4)cc(C)c3c2n1. The van der Waals surface area contributed by atoms with Crippen LogP contribution < -0.4 is 19.7 Å². The highest BCUT2D eigenvalue weighted by Gasteiger charge is 2.22. The van der Waals surface area contributed by atoms with Crippen LogP contribution in [-0.2, 0) is 6.42 Å². The van der Waals surface area contributed by atoms with Crippen molar-refractivity contribution in [1.82, 2.24) is 20.3 Å². The average Bonchev–Trinajstić information content (AvgIpc) is 3.22. The van der Waals surface area contributed by atoms with E-state index in [9.17, 15) is 0 Å². The molecule has 3 aromatic heterocycles. The van der Waals surface area contributed by atoms with Crippen LogP contribution in [0.4, 0.5) is 5.82 Å². The molecule has 1 aliphatic rings. The van der Waals surface area contributed by atoms with Crippen molar-refractivity contribution in [1.29, 1.82) is 0 Å². The van der Waals surface area contributed by atoms with Gasteiger partial charge in [0, 0.05) is 43.5 Å². The van der Waals surface area contributed by atoms with E-state index in [-0.39, 0.29) is 0 Å². The molecule has 0 unspecified atom stereocenters. The van der Waals surface area contributed by atoms with Gasteiger partial charge in [-0.1, -0.05) is 6.92 Å². The largest absolute Gasteiger partial charge is 0.493 e. The molecule has 7 nitrogen and oxygen atoms in total. The van der Waals surface area contributed by atoms with Gasteiger partial charge in [0.05, 0.1) is 30.1 Å². The fourth-order valence-corrected chi connectivity index (χ4v) is 5.63. The molecule has 1 saturated heterocycles. The van der Waals surface area contributed by atoms with Gasteiger partial charge in [-0.2, -0.15) is 0 Å². The first kappa shape index (κ1) is 21.9. The van der Waals surface area contributed by atoms with Crippen LogP contribution in [0.25, 0.3) is 31.7 Å². The quantitative estimate of drug-likeness (QED) is 0.448. The molecular formula is C25H29N5O2S. The smallest absolute Gasteiger partial charge is 0.161 e. The van der Waals surface area contributed by atoms with E-state index in [0.717, 1.165) is 82.4 Å². The van der Waals surface area contributed by atoms with Gasteiger partial charge in [0.2, 0.25) is 0 Å². The van der Waals surface area contributed by atoms with Crippen LogP contribution in [0.3, 0.4) is 0 Å². The lowest BCUT2D eigenvalue weighted by Gasteiger charge is -2.28. The number of piperazine rings is 1. The van der Waals surface area contributed by atoms with E-state index in [1.807, 2.05) is 18.2 Å². The maximum absolute atomic E-state index is 5.50. The van der Waals surface area contributed by atoms with Crippen molar-refractivity contribution in [2.24, 2.45) is 0 Å². The Morgan fingerprint density at radius 1 is 1.03 bits per heavy atom. The zero-order valence-electron chi connectivity index (χ0n) is 19.6. The lowest BCUT2D eigenvalue weighted by molar-refractivity contribution is 0.355. The zero-order chi connectivity index (χ0) is 22.9. The molecule has 8 heteroatoms. The number of ether oxygens (including phenoxy) is 2. The van der Waals surface area contributed by atoms with Crippen LogP contribution in [-0.4, -0.2) is 55.4 Å². The molecule has 0 amide bonds. The van der Waals surface area contributed by atoms with E-state index in [1.165, 1.54) is 5.56 Å². The minimum absolute atomic E-state index is 0.696. The summed E-state index contributed by atoms with van der Waals surface area (Å²) in [4.78, 5) is 18.4. The van der Waals surface area contributed by atoms with E-state index >= 15 is 0 Å². The first-order chi connectivity index (χ1) is 16.1. The van der Waals surface area contributed by atoms with Gasteiger partial charge in [0.15, 0.2) is 17.3 Å². The van der Waals surface area contributed by atoms with Crippen molar-refractivity contribution in [2.75, 3.05) is 45.3 Å². The molecular weight excluding hydrogens is 434 g/mol. The number of rotatable bonds is 6. The Morgan fingerprint density at radius 2 is 1.82 bits per heavy atom. The third-order valence-corrected chi connectivity index (χ3v) is 7.15. The highest BCUT2D eigenvalue weighted by Crippen LogP contribution is 2.40. The Bertz CT molecular complexity index is 1310. The van der Waals surface area contributed by atoms with Gasteiger partial charge in [-0.25, -0.2) is 15.0 Å². The third-order valence-electron chi connectivity index (χ3n) is 6.08. The summed E-state index contributed by atoms with van der Waals surface area (Å²) in [5.74, 6) is 3.38. The van der Waals surface area contributed by atoms with Crippen molar-refractivity contribution < 1.29 is 9.47 Å². The molecule has 33 heavy (non-hydrogen) atoms. The number of nitrogens with zero attached hydrogens (tertiary/aromatic N) is 4. The number of aromatic nitrogens is 3. The van der Waals surface area contributed by atoms with E-state index in [0.29, 0.717) is 11.5 Å². The van der Waals surface area contributed by atoms with Crippen LogP contribution >= 0.6 is 11.3 Å². The van der Waals surface area contributed by atoms with Gasteiger partial charge in [0.25, 0.3) is 0 Å². The number of anilines is 1. The summed E-state index contributed by atoms with van der Waals surface area (Å²) < 4.78 is 12.0. The highest BCUT2D eigenvalue weighted by molar-refractivity contribution is 7.26. The summed E-state index contributed by atoms with van der Waals surface area (Å²) in [6.07, 6.45) is 1.90. The Balaban J connectivity index is 1.69. The van der Waals surface area contributed by atoms with E-state index in [2.05, 4.69) is 30.1 Å². The van der Waals surface area contributed by atoms with Crippen molar-refractivity contribution >= 4 is 37.6 Å². The van der Waals surface area contributed by atoms with Gasteiger partial charge in [-0.3, -0.25) is 0 Å². The van der Waals surface area contributed by atoms with Crippen molar-refractivity contribution in [3.05, 3.63) is 35.7 Å². The number of hydrogen-bond donors (Lipinski definition) is 1. The molecule has 1 aromatic carbocycles. The minimum atomic E-state index is 0.696. The molecule has 4 aromatic rings. The van der Waals surface area contributed by atoms with E-state index in [4.69, 9.17) is 24.4 Å². The summed E-state index contributed by atoms with van der Waals surface area (Å²) in [5.41, 5.74) is 4.11. The predicted molar refractivity (Wildman–Crippen MR) is 135 cm³/mol. The van der Waals surface area contributed by atoms with Crippen LogP contribution in [0.2, 0.25) is 0 Å². The number of thiophene rings is 1. The Kier molecular flexibility index (Phi) is 6.03. The van der Waals surface area contributed by atoms with Crippen LogP contribution in [0.5, 0.6) is 11.5 Å². The van der Waals surface area contributed by atoms with Crippen molar-refractivity contribution in [3.8, 4) is 22.8 Å². The molecule has 0 atom stereocenters. The third kappa shape index (κ3) is 3.98. The molecule has 0 radical (unpaired) electrons. The Morgan fingerprint density at radius 3 is 2.55 bits per heavy atom. The second kappa shape index (κ2) is 9.11. The molecule has 0 spiro atoms. The summed E-state index contributed by atoms with van der Waals surface area (Å²) >= 11 is 1.70. The standard InChI is InChI=1S/C25H29N5O2S/c1-5-6-20-28-22-21-15(2)13-17(16-7-8-18(31-3)19(14-16)32-4)27-25(21)33-23(22)24(29-20)30-11-9-26-10-12-30/h7-8,13-14,26H,5-6,9-12H2,1-4H3. The van der Waals surface area contributed by atoms with Crippen molar-refractivity contribution in [2.45, 2.75) is 26.7 Å². The molecule has 0 saturated carbocycles. The average molecular weight is 464 g/mol. The Labute approximate surface area is 197 Å². The Hall–Kier alpha value is -2.97. The monoisotopic (exact) mass is 463 g/mol. The summed E-state index contributed by atoms with van der Waals surface area (Å²) in [5, 5.41) is 4.57. The number of nitrogens with one attached hydrogen (secondary N) is 1. The number of hydrogen-bond acceptors (Lipinski definition) is 8. The molecule has 1 fully saturated rings. The van der Waals surface area contributed by atoms with Crippen LogP contribution in [0, 0.1) is 6.92 Å². The summed E-state index contributed by atoms with van der Waals surface area (Å²) in [6, 6.07) is 8.06. The number of aryl methyl sites for hydroxylation is 2. The fraction of sp³-hybridized carbons (Fsp3) is 0.400. The predicted octanol–water partition coefficient (Wildman–Crippen LogP) is 4.59. The maximum atomic E-state index is 5.50. The van der Waals surface area contributed by atoms with E-state index < -0.39 is 0 Å². The van der Waals surface area contributed by atoms with Crippen molar-refractivity contribution in [3.63, 3.8) is 0 Å². The van der Waals surface area contributed by atoms with Gasteiger partial charge in [-0.05, 0) is 43.2 Å². The molecule has 1 aliphatic heterocycles. The zero-order valence-corrected chi connectivity index (χ0v) is 20.4. The fourth-order valence-electron chi connectivity index (χ4n) is 4.42. The second-order valence-electron chi connectivity index (χ2n) is 8.30. The number of methoxy groups -OCH3 is 2. The normalized spacial score (nSPS) is 14.2. The van der Waals surface area contributed by atoms with Gasteiger partial charge in [0.1, 0.15) is 10.7 Å². The van der Waals surface area contributed by atoms with E-state index in [1.54, 1.807) is 25.6 Å². The van der Waals surface area contributed by atoms with Crippen LogP contribution in [0.1, 0.15) is 24.7 Å². The highest BCUT2D eigenvalue weighted by atomic mass is 32.1. The number of benzene rings is 1. The number of pyridine rings is 1. The summed E-state index contributed by atoms with van der Waals surface area (Å²) in [6.45, 7) is 8.17.